The Labute approximate surface area is 222 Å². The fourth-order valence-electron chi connectivity index (χ4n) is 6.06. The van der Waals surface area contributed by atoms with Gasteiger partial charge in [-0.25, -0.2) is 15.0 Å². The first-order valence-corrected chi connectivity index (χ1v) is 13.1. The van der Waals surface area contributed by atoms with Crippen molar-refractivity contribution in [1.29, 1.82) is 0 Å². The highest BCUT2D eigenvalue weighted by Gasteiger charge is 2.24. The average Bonchev–Trinajstić information content (AvgIpc) is 3.24. The molecule has 0 saturated heterocycles. The Hall–Kier alpha value is -4.63. The van der Waals surface area contributed by atoms with E-state index in [1.54, 1.807) is 0 Å². The molecule has 1 aliphatic carbocycles. The van der Waals surface area contributed by atoms with E-state index >= 15 is 0 Å². The zero-order chi connectivity index (χ0) is 26.0. The highest BCUT2D eigenvalue weighted by molar-refractivity contribution is 6.18. The van der Waals surface area contributed by atoms with Crippen molar-refractivity contribution >= 4 is 10.8 Å². The van der Waals surface area contributed by atoms with Crippen molar-refractivity contribution in [2.75, 3.05) is 0 Å². The third kappa shape index (κ3) is 3.32. The smallest absolute Gasteiger partial charge is 0.164 e. The Morgan fingerprint density at radius 1 is 0.368 bits per heavy atom. The zero-order valence-corrected chi connectivity index (χ0v) is 22.0. The molecule has 38 heavy (non-hydrogen) atoms. The van der Waals surface area contributed by atoms with Crippen LogP contribution in [-0.2, 0) is 0 Å². The highest BCUT2D eigenvalue weighted by Crippen LogP contribution is 2.49. The van der Waals surface area contributed by atoms with Crippen LogP contribution in [0.2, 0.25) is 0 Å². The molecule has 0 unspecified atom stereocenters. The predicted octanol–water partition coefficient (Wildman–Crippen LogP) is 8.91. The topological polar surface area (TPSA) is 38.7 Å². The summed E-state index contributed by atoms with van der Waals surface area (Å²) in [6, 6.07) is 32.3. The second-order valence-corrected chi connectivity index (χ2v) is 10.3. The molecule has 0 fully saturated rings. The van der Waals surface area contributed by atoms with Gasteiger partial charge in [-0.15, -0.1) is 0 Å². The quantitative estimate of drug-likeness (QED) is 0.249. The molecule has 0 spiro atoms. The SMILES string of the molecule is Cc1cccc(C)c1-c1nc(-c2c(C)cccc2C)nc(-c2ccc3c4c(cccc24)-c2ccccc2-3)n1. The lowest BCUT2D eigenvalue weighted by atomic mass is 9.97. The second-order valence-electron chi connectivity index (χ2n) is 10.3. The van der Waals surface area contributed by atoms with Gasteiger partial charge in [0.05, 0.1) is 0 Å². The molecule has 1 aliphatic rings. The Morgan fingerprint density at radius 2 is 0.789 bits per heavy atom. The van der Waals surface area contributed by atoms with Crippen molar-refractivity contribution in [3.8, 4) is 56.4 Å². The first-order valence-electron chi connectivity index (χ1n) is 13.1. The molecule has 0 saturated carbocycles. The molecule has 3 nitrogen and oxygen atoms in total. The Balaban J connectivity index is 1.54. The van der Waals surface area contributed by atoms with Gasteiger partial charge < -0.3 is 0 Å². The van der Waals surface area contributed by atoms with Gasteiger partial charge in [0.15, 0.2) is 17.5 Å². The zero-order valence-electron chi connectivity index (χ0n) is 22.0. The molecule has 182 valence electrons. The molecule has 5 aromatic carbocycles. The molecule has 0 amide bonds. The van der Waals surface area contributed by atoms with Gasteiger partial charge in [-0.2, -0.15) is 0 Å². The van der Waals surface area contributed by atoms with E-state index in [0.29, 0.717) is 5.82 Å². The number of aryl methyl sites for hydroxylation is 4. The van der Waals surface area contributed by atoms with Crippen LogP contribution in [0, 0.1) is 27.7 Å². The Morgan fingerprint density at radius 3 is 1.34 bits per heavy atom. The van der Waals surface area contributed by atoms with E-state index in [9.17, 15) is 0 Å². The maximum Gasteiger partial charge on any atom is 0.164 e. The first kappa shape index (κ1) is 22.6. The van der Waals surface area contributed by atoms with Crippen molar-refractivity contribution < 1.29 is 0 Å². The summed E-state index contributed by atoms with van der Waals surface area (Å²) >= 11 is 0. The monoisotopic (exact) mass is 489 g/mol. The summed E-state index contributed by atoms with van der Waals surface area (Å²) in [7, 11) is 0. The van der Waals surface area contributed by atoms with E-state index in [1.165, 1.54) is 33.0 Å². The molecule has 0 bridgehead atoms. The summed E-state index contributed by atoms with van der Waals surface area (Å²) in [5.41, 5.74) is 12.9. The largest absolute Gasteiger partial charge is 0.208 e. The van der Waals surface area contributed by atoms with Crippen LogP contribution < -0.4 is 0 Å². The Kier molecular flexibility index (Phi) is 5.02. The van der Waals surface area contributed by atoms with Crippen LogP contribution in [0.1, 0.15) is 22.3 Å². The lowest BCUT2D eigenvalue weighted by Gasteiger charge is -2.15. The van der Waals surface area contributed by atoms with Crippen molar-refractivity contribution in [1.82, 2.24) is 15.0 Å². The van der Waals surface area contributed by atoms with Crippen LogP contribution in [-0.4, -0.2) is 15.0 Å². The summed E-state index contributed by atoms with van der Waals surface area (Å²) in [6.07, 6.45) is 0. The fraction of sp³-hybridized carbons (Fsp3) is 0.114. The highest BCUT2D eigenvalue weighted by atomic mass is 15.0. The van der Waals surface area contributed by atoms with Crippen LogP contribution in [0.5, 0.6) is 0 Å². The summed E-state index contributed by atoms with van der Waals surface area (Å²) < 4.78 is 0. The molecule has 0 atom stereocenters. The molecule has 0 radical (unpaired) electrons. The lowest BCUT2D eigenvalue weighted by Crippen LogP contribution is -2.04. The number of benzene rings is 5. The molecule has 0 N–H and O–H groups in total. The minimum Gasteiger partial charge on any atom is -0.208 e. The van der Waals surface area contributed by atoms with E-state index in [2.05, 4.69) is 119 Å². The van der Waals surface area contributed by atoms with Gasteiger partial charge in [-0.3, -0.25) is 0 Å². The van der Waals surface area contributed by atoms with Crippen LogP contribution in [0.15, 0.2) is 91.0 Å². The molecule has 3 heteroatoms. The number of nitrogens with zero attached hydrogens (tertiary/aromatic N) is 3. The first-order chi connectivity index (χ1) is 18.5. The summed E-state index contributed by atoms with van der Waals surface area (Å²) in [5.74, 6) is 2.14. The predicted molar refractivity (Wildman–Crippen MR) is 157 cm³/mol. The summed E-state index contributed by atoms with van der Waals surface area (Å²) in [5, 5.41) is 2.44. The van der Waals surface area contributed by atoms with Crippen LogP contribution in [0.3, 0.4) is 0 Å². The summed E-state index contributed by atoms with van der Waals surface area (Å²) in [6.45, 7) is 8.50. The van der Waals surface area contributed by atoms with Crippen molar-refractivity contribution in [2.24, 2.45) is 0 Å². The third-order valence-corrected chi connectivity index (χ3v) is 7.83. The summed E-state index contributed by atoms with van der Waals surface area (Å²) in [4.78, 5) is 15.4. The normalized spacial score (nSPS) is 11.7. The third-order valence-electron chi connectivity index (χ3n) is 7.83. The molecule has 1 aromatic heterocycles. The number of rotatable bonds is 3. The maximum absolute atomic E-state index is 5.14. The molecular formula is C35H27N3. The fourth-order valence-corrected chi connectivity index (χ4v) is 6.06. The van der Waals surface area contributed by atoms with Gasteiger partial charge in [-0.05, 0) is 89.0 Å². The van der Waals surface area contributed by atoms with E-state index in [1.807, 2.05) is 0 Å². The minimum absolute atomic E-state index is 0.704. The molecule has 0 aliphatic heterocycles. The van der Waals surface area contributed by atoms with Crippen LogP contribution in [0.25, 0.3) is 67.2 Å². The van der Waals surface area contributed by atoms with Crippen molar-refractivity contribution in [3.63, 3.8) is 0 Å². The van der Waals surface area contributed by atoms with Crippen molar-refractivity contribution in [2.45, 2.75) is 27.7 Å². The van der Waals surface area contributed by atoms with Gasteiger partial charge in [0, 0.05) is 16.7 Å². The van der Waals surface area contributed by atoms with Crippen LogP contribution >= 0.6 is 0 Å². The number of aromatic nitrogens is 3. The Bertz CT molecular complexity index is 1780. The maximum atomic E-state index is 5.14. The average molecular weight is 490 g/mol. The standard InChI is InChI=1S/C35H27N3/c1-20-10-7-11-21(2)30(20)34-36-33(37-35(38-34)31-22(3)12-8-13-23(31)4)29-19-18-28-25-15-6-5-14-24(25)26-16-9-17-27(29)32(26)28/h5-19H,1-4H3. The van der Waals surface area contributed by atoms with E-state index in [0.717, 1.165) is 50.6 Å². The minimum atomic E-state index is 0.704. The van der Waals surface area contributed by atoms with E-state index in [-0.39, 0.29) is 0 Å². The van der Waals surface area contributed by atoms with Gasteiger partial charge in [0.1, 0.15) is 0 Å². The number of hydrogen-bond acceptors (Lipinski definition) is 3. The molecule has 1 heterocycles. The number of hydrogen-bond donors (Lipinski definition) is 0. The van der Waals surface area contributed by atoms with E-state index < -0.39 is 0 Å². The lowest BCUT2D eigenvalue weighted by molar-refractivity contribution is 1.06. The van der Waals surface area contributed by atoms with Gasteiger partial charge >= 0.3 is 0 Å². The van der Waals surface area contributed by atoms with Crippen LogP contribution in [0.4, 0.5) is 0 Å². The van der Waals surface area contributed by atoms with Crippen molar-refractivity contribution in [3.05, 3.63) is 113 Å². The van der Waals surface area contributed by atoms with Gasteiger partial charge in [0.25, 0.3) is 0 Å². The molecule has 6 aromatic rings. The molecular weight excluding hydrogens is 462 g/mol. The van der Waals surface area contributed by atoms with Gasteiger partial charge in [-0.1, -0.05) is 84.9 Å². The number of fused-ring (bicyclic) bond motifs is 3. The van der Waals surface area contributed by atoms with E-state index in [4.69, 9.17) is 15.0 Å². The van der Waals surface area contributed by atoms with Gasteiger partial charge in [0.2, 0.25) is 0 Å². The second kappa shape index (κ2) is 8.46. The molecule has 7 rings (SSSR count).